The molecule has 1 saturated heterocycles. The Bertz CT molecular complexity index is 1230. The molecular formula is C23H25ClN4O3S. The van der Waals surface area contributed by atoms with E-state index in [1.165, 1.54) is 4.31 Å². The lowest BCUT2D eigenvalue weighted by atomic mass is 10.2. The molecule has 7 nitrogen and oxygen atoms in total. The summed E-state index contributed by atoms with van der Waals surface area (Å²) >= 11 is 6.00. The Morgan fingerprint density at radius 2 is 1.69 bits per heavy atom. The standard InChI is InChI=1S/C23H25ClN4O3S/c1-17-22(18(2)28(25-17)16-19-7-4-3-5-8-19)32(30,31)27-13-11-26(12-14-27)23(29)20-9-6-10-21(24)15-20/h3-10,15H,11-14,16H2,1-2H3. The number of halogens is 1. The van der Waals surface area contributed by atoms with Crippen LogP contribution in [-0.2, 0) is 16.6 Å². The first-order valence-corrected chi connectivity index (χ1v) is 12.2. The van der Waals surface area contributed by atoms with Gasteiger partial charge in [0.2, 0.25) is 10.0 Å². The minimum atomic E-state index is -3.72. The summed E-state index contributed by atoms with van der Waals surface area (Å²) in [5, 5.41) is 4.99. The van der Waals surface area contributed by atoms with Gasteiger partial charge in [0.25, 0.3) is 5.91 Å². The van der Waals surface area contributed by atoms with E-state index in [-0.39, 0.29) is 23.9 Å². The summed E-state index contributed by atoms with van der Waals surface area (Å²) in [7, 11) is -3.72. The highest BCUT2D eigenvalue weighted by molar-refractivity contribution is 7.89. The first kappa shape index (κ1) is 22.5. The number of rotatable bonds is 5. The quantitative estimate of drug-likeness (QED) is 0.570. The van der Waals surface area contributed by atoms with Crippen LogP contribution in [0, 0.1) is 13.8 Å². The van der Waals surface area contributed by atoms with E-state index in [1.807, 2.05) is 30.3 Å². The van der Waals surface area contributed by atoms with Crippen LogP contribution in [0.1, 0.15) is 27.3 Å². The average molecular weight is 473 g/mol. The van der Waals surface area contributed by atoms with Crippen LogP contribution in [-0.4, -0.2) is 59.5 Å². The summed E-state index contributed by atoms with van der Waals surface area (Å²) in [6.07, 6.45) is 0. The molecule has 4 rings (SSSR count). The summed E-state index contributed by atoms with van der Waals surface area (Å²) in [5.41, 5.74) is 2.65. The van der Waals surface area contributed by atoms with E-state index in [2.05, 4.69) is 5.10 Å². The van der Waals surface area contributed by atoms with Crippen molar-refractivity contribution in [3.8, 4) is 0 Å². The Morgan fingerprint density at radius 3 is 2.34 bits per heavy atom. The minimum absolute atomic E-state index is 0.146. The fraction of sp³-hybridized carbons (Fsp3) is 0.304. The number of sulfonamides is 1. The van der Waals surface area contributed by atoms with Gasteiger partial charge in [-0.2, -0.15) is 9.40 Å². The van der Waals surface area contributed by atoms with Crippen LogP contribution in [0.4, 0.5) is 0 Å². The van der Waals surface area contributed by atoms with Gasteiger partial charge in [-0.1, -0.05) is 48.0 Å². The number of aromatic nitrogens is 2. The van der Waals surface area contributed by atoms with Gasteiger partial charge in [-0.05, 0) is 37.6 Å². The summed E-state index contributed by atoms with van der Waals surface area (Å²) in [6.45, 7) is 5.12. The van der Waals surface area contributed by atoms with Crippen molar-refractivity contribution < 1.29 is 13.2 Å². The third-order valence-electron chi connectivity index (χ3n) is 5.69. The molecule has 2 heterocycles. The van der Waals surface area contributed by atoms with Crippen LogP contribution in [0.25, 0.3) is 0 Å². The van der Waals surface area contributed by atoms with Crippen LogP contribution in [0.5, 0.6) is 0 Å². The molecule has 2 aromatic carbocycles. The largest absolute Gasteiger partial charge is 0.336 e. The van der Waals surface area contributed by atoms with Crippen LogP contribution in [0.3, 0.4) is 0 Å². The number of aryl methyl sites for hydroxylation is 1. The third kappa shape index (κ3) is 4.44. The number of piperazine rings is 1. The zero-order valence-electron chi connectivity index (χ0n) is 18.0. The fourth-order valence-corrected chi connectivity index (χ4v) is 6.01. The summed E-state index contributed by atoms with van der Waals surface area (Å²) in [5.74, 6) is -0.146. The third-order valence-corrected chi connectivity index (χ3v) is 8.07. The van der Waals surface area contributed by atoms with Gasteiger partial charge in [0.1, 0.15) is 4.90 Å². The molecule has 0 unspecified atom stereocenters. The Morgan fingerprint density at radius 1 is 1.00 bits per heavy atom. The zero-order chi connectivity index (χ0) is 22.9. The predicted octanol–water partition coefficient (Wildman–Crippen LogP) is 3.35. The Balaban J connectivity index is 1.50. The van der Waals surface area contributed by atoms with Gasteiger partial charge >= 0.3 is 0 Å². The highest BCUT2D eigenvalue weighted by atomic mass is 35.5. The number of amides is 1. The van der Waals surface area contributed by atoms with Gasteiger partial charge in [0.15, 0.2) is 0 Å². The van der Waals surface area contributed by atoms with E-state index in [9.17, 15) is 13.2 Å². The molecule has 0 atom stereocenters. The topological polar surface area (TPSA) is 75.5 Å². The number of nitrogens with zero attached hydrogens (tertiary/aromatic N) is 4. The van der Waals surface area contributed by atoms with Gasteiger partial charge in [-0.15, -0.1) is 0 Å². The molecule has 1 fully saturated rings. The second-order valence-electron chi connectivity index (χ2n) is 7.85. The second kappa shape index (κ2) is 9.05. The van der Waals surface area contributed by atoms with Crippen molar-refractivity contribution >= 4 is 27.5 Å². The van der Waals surface area contributed by atoms with E-state index < -0.39 is 10.0 Å². The van der Waals surface area contributed by atoms with Crippen molar-refractivity contribution in [1.29, 1.82) is 0 Å². The normalized spacial score (nSPS) is 15.2. The maximum Gasteiger partial charge on any atom is 0.253 e. The van der Waals surface area contributed by atoms with Crippen molar-refractivity contribution in [1.82, 2.24) is 19.0 Å². The minimum Gasteiger partial charge on any atom is -0.336 e. The maximum atomic E-state index is 13.4. The molecule has 0 N–H and O–H groups in total. The van der Waals surface area contributed by atoms with Gasteiger partial charge in [-0.25, -0.2) is 8.42 Å². The second-order valence-corrected chi connectivity index (χ2v) is 10.2. The monoisotopic (exact) mass is 472 g/mol. The molecule has 0 bridgehead atoms. The molecule has 0 spiro atoms. The van der Waals surface area contributed by atoms with Gasteiger partial charge in [-0.3, -0.25) is 9.48 Å². The summed E-state index contributed by atoms with van der Waals surface area (Å²) in [4.78, 5) is 14.7. The van der Waals surface area contributed by atoms with Crippen LogP contribution in [0.2, 0.25) is 5.02 Å². The molecular weight excluding hydrogens is 448 g/mol. The van der Waals surface area contributed by atoms with E-state index in [0.717, 1.165) is 5.56 Å². The summed E-state index contributed by atoms with van der Waals surface area (Å²) < 4.78 is 30.1. The van der Waals surface area contributed by atoms with Gasteiger partial charge in [0, 0.05) is 36.8 Å². The number of benzene rings is 2. The lowest BCUT2D eigenvalue weighted by Gasteiger charge is -2.34. The van der Waals surface area contributed by atoms with Crippen LogP contribution in [0.15, 0.2) is 59.5 Å². The molecule has 1 amide bonds. The predicted molar refractivity (Wildman–Crippen MR) is 123 cm³/mol. The molecule has 1 aliphatic heterocycles. The Labute approximate surface area is 193 Å². The molecule has 0 radical (unpaired) electrons. The highest BCUT2D eigenvalue weighted by Gasteiger charge is 2.34. The van der Waals surface area contributed by atoms with Crippen LogP contribution < -0.4 is 0 Å². The van der Waals surface area contributed by atoms with E-state index in [4.69, 9.17) is 11.6 Å². The lowest BCUT2D eigenvalue weighted by molar-refractivity contribution is 0.0698. The number of hydrogen-bond donors (Lipinski definition) is 0. The first-order valence-electron chi connectivity index (χ1n) is 10.4. The smallest absolute Gasteiger partial charge is 0.253 e. The maximum absolute atomic E-state index is 13.4. The van der Waals surface area contributed by atoms with Gasteiger partial charge in [0.05, 0.1) is 17.9 Å². The van der Waals surface area contributed by atoms with Crippen molar-refractivity contribution in [2.45, 2.75) is 25.3 Å². The molecule has 3 aromatic rings. The molecule has 1 aromatic heterocycles. The molecule has 32 heavy (non-hydrogen) atoms. The molecule has 9 heteroatoms. The lowest BCUT2D eigenvalue weighted by Crippen LogP contribution is -2.50. The number of carbonyl (C=O) groups excluding carboxylic acids is 1. The highest BCUT2D eigenvalue weighted by Crippen LogP contribution is 2.25. The molecule has 1 aliphatic rings. The fourth-order valence-electron chi connectivity index (χ4n) is 4.03. The van der Waals surface area contributed by atoms with Crippen molar-refractivity contribution in [3.05, 3.63) is 82.1 Å². The SMILES string of the molecule is Cc1nn(Cc2ccccc2)c(C)c1S(=O)(=O)N1CCN(C(=O)c2cccc(Cl)c2)CC1. The average Bonchev–Trinajstić information content (AvgIpc) is 3.07. The van der Waals surface area contributed by atoms with E-state index in [1.54, 1.807) is 47.7 Å². The number of hydrogen-bond acceptors (Lipinski definition) is 4. The molecule has 0 saturated carbocycles. The van der Waals surface area contributed by atoms with E-state index >= 15 is 0 Å². The van der Waals surface area contributed by atoms with Crippen molar-refractivity contribution in [3.63, 3.8) is 0 Å². The zero-order valence-corrected chi connectivity index (χ0v) is 19.6. The first-order chi connectivity index (χ1) is 15.3. The number of carbonyl (C=O) groups is 1. The molecule has 0 aliphatic carbocycles. The van der Waals surface area contributed by atoms with Gasteiger partial charge < -0.3 is 4.90 Å². The van der Waals surface area contributed by atoms with E-state index in [0.29, 0.717) is 41.6 Å². The molecule has 168 valence electrons. The Kier molecular flexibility index (Phi) is 6.37. The Hall–Kier alpha value is -2.68. The summed E-state index contributed by atoms with van der Waals surface area (Å²) in [6, 6.07) is 16.6. The van der Waals surface area contributed by atoms with Crippen molar-refractivity contribution in [2.24, 2.45) is 0 Å². The van der Waals surface area contributed by atoms with Crippen molar-refractivity contribution in [2.75, 3.05) is 26.2 Å². The van der Waals surface area contributed by atoms with Crippen LogP contribution >= 0.6 is 11.6 Å².